The van der Waals surface area contributed by atoms with Gasteiger partial charge in [-0.05, 0) is 17.5 Å². The van der Waals surface area contributed by atoms with Crippen LogP contribution in [0.15, 0.2) is 41.5 Å². The zero-order valence-corrected chi connectivity index (χ0v) is 11.8. The quantitative estimate of drug-likeness (QED) is 0.926. The summed E-state index contributed by atoms with van der Waals surface area (Å²) < 4.78 is 1.20. The molecule has 2 atom stereocenters. The van der Waals surface area contributed by atoms with Crippen molar-refractivity contribution in [2.24, 2.45) is 0 Å². The summed E-state index contributed by atoms with van der Waals surface area (Å²) in [7, 11) is 0. The Morgan fingerprint density at radius 3 is 2.86 bits per heavy atom. The molecule has 1 aromatic heterocycles. The van der Waals surface area contributed by atoms with Crippen molar-refractivity contribution in [1.82, 2.24) is 9.55 Å². The van der Waals surface area contributed by atoms with E-state index in [2.05, 4.69) is 17.1 Å². The molecular weight excluding hydrogens is 282 g/mol. The molecule has 0 radical (unpaired) electrons. The maximum atomic E-state index is 12.5. The normalized spacial score (nSPS) is 21.9. The highest BCUT2D eigenvalue weighted by atomic mass is 16.4. The second kappa shape index (κ2) is 4.69. The van der Waals surface area contributed by atoms with Crippen molar-refractivity contribution in [2.75, 3.05) is 11.4 Å². The first-order chi connectivity index (χ1) is 10.6. The number of rotatable bonds is 3. The number of aliphatic carboxylic acids is 1. The van der Waals surface area contributed by atoms with Crippen LogP contribution in [-0.2, 0) is 11.3 Å². The van der Waals surface area contributed by atoms with Gasteiger partial charge < -0.3 is 10.0 Å². The second-order valence-corrected chi connectivity index (χ2v) is 5.81. The van der Waals surface area contributed by atoms with Gasteiger partial charge in [0, 0.05) is 24.9 Å². The van der Waals surface area contributed by atoms with Gasteiger partial charge in [-0.15, -0.1) is 0 Å². The summed E-state index contributed by atoms with van der Waals surface area (Å²) in [4.78, 5) is 29.6. The number of hydrogen-bond donors (Lipinski definition) is 1. The van der Waals surface area contributed by atoms with E-state index in [1.165, 1.54) is 28.1 Å². The van der Waals surface area contributed by atoms with Gasteiger partial charge in [0.2, 0.25) is 0 Å². The lowest BCUT2D eigenvalue weighted by Crippen LogP contribution is -2.36. The Morgan fingerprint density at radius 2 is 2.09 bits per heavy atom. The Bertz CT molecular complexity index is 814. The summed E-state index contributed by atoms with van der Waals surface area (Å²) in [6, 6.07) is 8.48. The third kappa shape index (κ3) is 1.83. The molecule has 2 bridgehead atoms. The van der Waals surface area contributed by atoms with Crippen molar-refractivity contribution in [3.05, 3.63) is 58.1 Å². The first-order valence-electron chi connectivity index (χ1n) is 7.28. The van der Waals surface area contributed by atoms with Crippen molar-refractivity contribution < 1.29 is 9.90 Å². The van der Waals surface area contributed by atoms with Crippen molar-refractivity contribution in [2.45, 2.75) is 24.9 Å². The number of nitrogens with zero attached hydrogens (tertiary/aromatic N) is 3. The minimum absolute atomic E-state index is 0.169. The molecular formula is C16H15N3O3. The lowest BCUT2D eigenvalue weighted by atomic mass is 9.99. The van der Waals surface area contributed by atoms with Gasteiger partial charge in [-0.1, -0.05) is 24.3 Å². The van der Waals surface area contributed by atoms with Gasteiger partial charge in [-0.25, -0.2) is 4.98 Å². The second-order valence-electron chi connectivity index (χ2n) is 5.81. The zero-order chi connectivity index (χ0) is 15.3. The third-order valence-corrected chi connectivity index (χ3v) is 4.57. The number of benzene rings is 1. The van der Waals surface area contributed by atoms with E-state index in [1.807, 2.05) is 17.0 Å². The van der Waals surface area contributed by atoms with Crippen LogP contribution in [0.3, 0.4) is 0 Å². The number of carbonyl (C=O) groups is 1. The molecule has 22 heavy (non-hydrogen) atoms. The van der Waals surface area contributed by atoms with E-state index < -0.39 is 5.97 Å². The Balaban J connectivity index is 1.74. The summed E-state index contributed by atoms with van der Waals surface area (Å²) in [5.41, 5.74) is 2.29. The van der Waals surface area contributed by atoms with Gasteiger partial charge in [0.1, 0.15) is 6.54 Å². The molecule has 6 nitrogen and oxygen atoms in total. The van der Waals surface area contributed by atoms with Crippen molar-refractivity contribution in [3.8, 4) is 0 Å². The molecule has 2 aromatic rings. The molecule has 2 unspecified atom stereocenters. The van der Waals surface area contributed by atoms with Gasteiger partial charge in [-0.2, -0.15) is 0 Å². The van der Waals surface area contributed by atoms with Crippen molar-refractivity contribution in [3.63, 3.8) is 0 Å². The van der Waals surface area contributed by atoms with E-state index >= 15 is 0 Å². The number of aromatic nitrogens is 2. The fourth-order valence-corrected chi connectivity index (χ4v) is 3.68. The minimum Gasteiger partial charge on any atom is -0.480 e. The molecule has 1 saturated heterocycles. The average Bonchev–Trinajstić information content (AvgIpc) is 3.08. The lowest BCUT2D eigenvalue weighted by Gasteiger charge is -2.29. The molecule has 2 aliphatic rings. The smallest absolute Gasteiger partial charge is 0.323 e. The number of carboxylic acids is 1. The molecule has 1 aromatic carbocycles. The van der Waals surface area contributed by atoms with E-state index in [9.17, 15) is 9.59 Å². The molecule has 2 heterocycles. The predicted molar refractivity (Wildman–Crippen MR) is 80.0 cm³/mol. The lowest BCUT2D eigenvalue weighted by molar-refractivity contribution is -0.137. The number of anilines is 1. The topological polar surface area (TPSA) is 75.4 Å². The molecule has 0 spiro atoms. The summed E-state index contributed by atoms with van der Waals surface area (Å²) >= 11 is 0. The van der Waals surface area contributed by atoms with E-state index in [0.29, 0.717) is 11.7 Å². The molecule has 0 amide bonds. The van der Waals surface area contributed by atoms with Crippen LogP contribution < -0.4 is 10.5 Å². The Hall–Kier alpha value is -2.63. The Kier molecular flexibility index (Phi) is 2.79. The molecule has 112 valence electrons. The molecule has 6 heteroatoms. The minimum atomic E-state index is -1.03. The van der Waals surface area contributed by atoms with Crippen LogP contribution in [0, 0.1) is 0 Å². The van der Waals surface area contributed by atoms with Crippen LogP contribution in [0.25, 0.3) is 0 Å². The molecule has 1 fully saturated rings. The van der Waals surface area contributed by atoms with Gasteiger partial charge in [0.25, 0.3) is 5.56 Å². The van der Waals surface area contributed by atoms with Gasteiger partial charge in [0.15, 0.2) is 5.82 Å². The van der Waals surface area contributed by atoms with Crippen molar-refractivity contribution in [1.29, 1.82) is 0 Å². The van der Waals surface area contributed by atoms with Gasteiger partial charge >= 0.3 is 5.97 Å². The number of carboxylic acid groups (broad SMARTS) is 1. The summed E-state index contributed by atoms with van der Waals surface area (Å²) in [6.07, 6.45) is 3.91. The van der Waals surface area contributed by atoms with Crippen LogP contribution in [0.2, 0.25) is 0 Å². The first kappa shape index (κ1) is 13.1. The highest BCUT2D eigenvalue weighted by Gasteiger charge is 2.43. The molecule has 1 N–H and O–H groups in total. The van der Waals surface area contributed by atoms with Crippen LogP contribution in [0.1, 0.15) is 29.5 Å². The van der Waals surface area contributed by atoms with Gasteiger partial charge in [-0.3, -0.25) is 14.2 Å². The van der Waals surface area contributed by atoms with Gasteiger partial charge in [0.05, 0.1) is 6.04 Å². The van der Waals surface area contributed by atoms with E-state index in [-0.39, 0.29) is 18.1 Å². The van der Waals surface area contributed by atoms with E-state index in [4.69, 9.17) is 5.11 Å². The zero-order valence-electron chi connectivity index (χ0n) is 11.8. The maximum absolute atomic E-state index is 12.5. The monoisotopic (exact) mass is 297 g/mol. The number of fused-ring (bicyclic) bond motifs is 5. The first-order valence-corrected chi connectivity index (χ1v) is 7.28. The predicted octanol–water partition coefficient (Wildman–Crippen LogP) is 1.38. The van der Waals surface area contributed by atoms with Crippen LogP contribution in [0.5, 0.6) is 0 Å². The Morgan fingerprint density at radius 1 is 1.32 bits per heavy atom. The van der Waals surface area contributed by atoms with E-state index in [1.54, 1.807) is 0 Å². The highest BCUT2D eigenvalue weighted by Crippen LogP contribution is 2.50. The van der Waals surface area contributed by atoms with Crippen LogP contribution >= 0.6 is 0 Å². The third-order valence-electron chi connectivity index (χ3n) is 4.57. The molecule has 4 rings (SSSR count). The molecule has 1 aliphatic heterocycles. The Labute approximate surface area is 126 Å². The standard InChI is InChI=1S/C16H15N3O3/c20-14(21)9-18-6-5-17-15(16(18)22)19-8-10-7-13(19)12-4-2-1-3-11(10)12/h1-6,10,13H,7-9H2,(H,20,21). The highest BCUT2D eigenvalue weighted by molar-refractivity contribution is 5.66. The fourth-order valence-electron chi connectivity index (χ4n) is 3.68. The SMILES string of the molecule is O=C(O)Cn1ccnc(N2CC3CC2c2ccccc23)c1=O. The van der Waals surface area contributed by atoms with Crippen LogP contribution in [-0.4, -0.2) is 27.2 Å². The maximum Gasteiger partial charge on any atom is 0.323 e. The number of hydrogen-bond acceptors (Lipinski definition) is 4. The molecule has 1 aliphatic carbocycles. The van der Waals surface area contributed by atoms with Crippen LogP contribution in [0.4, 0.5) is 5.82 Å². The van der Waals surface area contributed by atoms with E-state index in [0.717, 1.165) is 13.0 Å². The summed E-state index contributed by atoms with van der Waals surface area (Å²) in [5.74, 6) is -0.256. The van der Waals surface area contributed by atoms with Crippen molar-refractivity contribution >= 4 is 11.8 Å². The molecule has 0 saturated carbocycles. The largest absolute Gasteiger partial charge is 0.480 e. The summed E-state index contributed by atoms with van der Waals surface area (Å²) in [5, 5.41) is 8.89. The average molecular weight is 297 g/mol. The summed E-state index contributed by atoms with van der Waals surface area (Å²) in [6.45, 7) is 0.424. The fraction of sp³-hybridized carbons (Fsp3) is 0.312.